The van der Waals surface area contributed by atoms with Gasteiger partial charge < -0.3 is 0 Å². The summed E-state index contributed by atoms with van der Waals surface area (Å²) < 4.78 is 0.684. The van der Waals surface area contributed by atoms with E-state index < -0.39 is 0 Å². The third-order valence-corrected chi connectivity index (χ3v) is 7.81. The van der Waals surface area contributed by atoms with Crippen molar-refractivity contribution < 1.29 is 4.79 Å². The summed E-state index contributed by atoms with van der Waals surface area (Å²) in [5.74, 6) is 0.408. The van der Waals surface area contributed by atoms with Gasteiger partial charge in [-0.1, -0.05) is 67.9 Å². The topological polar surface area (TPSA) is 54.9 Å². The number of anilines is 1. The number of hydrogen-bond donors (Lipinski definition) is 1. The Balaban J connectivity index is 1.45. The third kappa shape index (κ3) is 5.15. The van der Waals surface area contributed by atoms with Crippen molar-refractivity contribution in [1.29, 1.82) is 0 Å². The molecular formula is C28H24ClN3OS2. The molecule has 0 saturated carbocycles. The van der Waals surface area contributed by atoms with E-state index in [-0.39, 0.29) is 5.91 Å². The molecule has 2 aromatic carbocycles. The first kappa shape index (κ1) is 23.7. The van der Waals surface area contributed by atoms with E-state index in [1.165, 1.54) is 28.2 Å². The van der Waals surface area contributed by atoms with Crippen molar-refractivity contribution in [3.63, 3.8) is 0 Å². The third-order valence-electron chi connectivity index (χ3n) is 5.67. The van der Waals surface area contributed by atoms with E-state index in [2.05, 4.69) is 43.4 Å². The first-order valence-corrected chi connectivity index (χ1v) is 13.4. The molecule has 0 bridgehead atoms. The molecule has 0 unspecified atom stereocenters. The molecule has 35 heavy (non-hydrogen) atoms. The Kier molecular flexibility index (Phi) is 6.69. The number of aryl methyl sites for hydroxylation is 1. The molecule has 0 fully saturated rings. The van der Waals surface area contributed by atoms with Crippen LogP contribution in [0.25, 0.3) is 32.7 Å². The fourth-order valence-electron chi connectivity index (χ4n) is 4.09. The van der Waals surface area contributed by atoms with Crippen LogP contribution in [0.4, 0.5) is 5.13 Å². The number of halogens is 1. The van der Waals surface area contributed by atoms with Crippen LogP contribution in [0.3, 0.4) is 0 Å². The number of carbonyl (C=O) groups excluding carboxylic acids is 1. The number of benzene rings is 2. The van der Waals surface area contributed by atoms with Crippen molar-refractivity contribution in [2.75, 3.05) is 5.32 Å². The van der Waals surface area contributed by atoms with Crippen molar-refractivity contribution in [2.24, 2.45) is 5.92 Å². The Morgan fingerprint density at radius 2 is 1.77 bits per heavy atom. The number of thiazole rings is 1. The van der Waals surface area contributed by atoms with Gasteiger partial charge in [0.1, 0.15) is 0 Å². The molecule has 0 saturated heterocycles. The smallest absolute Gasteiger partial charge is 0.258 e. The van der Waals surface area contributed by atoms with Crippen LogP contribution < -0.4 is 5.32 Å². The van der Waals surface area contributed by atoms with Crippen molar-refractivity contribution in [3.8, 4) is 21.8 Å². The maximum atomic E-state index is 13.4. The van der Waals surface area contributed by atoms with Gasteiger partial charge in [0.2, 0.25) is 0 Å². The lowest BCUT2D eigenvalue weighted by molar-refractivity contribution is 0.102. The van der Waals surface area contributed by atoms with Crippen LogP contribution in [0.2, 0.25) is 4.34 Å². The van der Waals surface area contributed by atoms with Crippen molar-refractivity contribution in [1.82, 2.24) is 9.97 Å². The minimum atomic E-state index is -0.208. The highest BCUT2D eigenvalue weighted by molar-refractivity contribution is 7.19. The molecular weight excluding hydrogens is 494 g/mol. The zero-order valence-electron chi connectivity index (χ0n) is 19.6. The first-order chi connectivity index (χ1) is 16.9. The second-order valence-corrected chi connectivity index (χ2v) is 11.8. The molecule has 0 atom stereocenters. The highest BCUT2D eigenvalue weighted by Gasteiger charge is 2.18. The Morgan fingerprint density at radius 1 is 1.00 bits per heavy atom. The minimum Gasteiger partial charge on any atom is -0.298 e. The van der Waals surface area contributed by atoms with Gasteiger partial charge in [-0.3, -0.25) is 10.1 Å². The number of para-hydroxylation sites is 1. The zero-order valence-corrected chi connectivity index (χ0v) is 22.0. The van der Waals surface area contributed by atoms with Crippen LogP contribution in [0.5, 0.6) is 0 Å². The number of aromatic nitrogens is 2. The second kappa shape index (κ2) is 9.90. The number of carbonyl (C=O) groups is 1. The lowest BCUT2D eigenvalue weighted by atomic mass is 10.0. The molecule has 0 radical (unpaired) electrons. The standard InChI is InChI=1S/C28H24ClN3OS2/c1-16(2)14-18-8-10-19(11-9-18)26-17(3)34-28(31-26)32-27(33)21-15-23(24-12-13-25(29)35-24)30-22-7-5-4-6-20(21)22/h4-13,15-16H,14H2,1-3H3,(H,31,32,33). The number of amides is 1. The number of nitrogens with one attached hydrogen (secondary N) is 1. The predicted molar refractivity (Wildman–Crippen MR) is 149 cm³/mol. The summed E-state index contributed by atoms with van der Waals surface area (Å²) >= 11 is 9.06. The quantitative estimate of drug-likeness (QED) is 0.245. The lowest BCUT2D eigenvalue weighted by Gasteiger charge is -2.08. The van der Waals surface area contributed by atoms with E-state index in [0.717, 1.165) is 44.0 Å². The van der Waals surface area contributed by atoms with Crippen molar-refractivity contribution >= 4 is 56.2 Å². The van der Waals surface area contributed by atoms with E-state index in [9.17, 15) is 4.79 Å². The van der Waals surface area contributed by atoms with Crippen LogP contribution in [-0.2, 0) is 6.42 Å². The molecule has 176 valence electrons. The highest BCUT2D eigenvalue weighted by Crippen LogP contribution is 2.34. The van der Waals surface area contributed by atoms with E-state index >= 15 is 0 Å². The number of thiophene rings is 1. The van der Waals surface area contributed by atoms with Gasteiger partial charge in [0.25, 0.3) is 5.91 Å². The van der Waals surface area contributed by atoms with Crippen LogP contribution in [-0.4, -0.2) is 15.9 Å². The largest absolute Gasteiger partial charge is 0.298 e. The average molecular weight is 518 g/mol. The molecule has 0 aliphatic heterocycles. The van der Waals surface area contributed by atoms with Gasteiger partial charge in [-0.25, -0.2) is 9.97 Å². The van der Waals surface area contributed by atoms with E-state index in [0.29, 0.717) is 20.9 Å². The molecule has 3 aromatic heterocycles. The van der Waals surface area contributed by atoms with E-state index in [1.54, 1.807) is 0 Å². The predicted octanol–water partition coefficient (Wildman–Crippen LogP) is 8.50. The van der Waals surface area contributed by atoms with Gasteiger partial charge >= 0.3 is 0 Å². The Bertz CT molecular complexity index is 1520. The summed E-state index contributed by atoms with van der Waals surface area (Å²) in [7, 11) is 0. The SMILES string of the molecule is Cc1sc(NC(=O)c2cc(-c3ccc(Cl)s3)nc3ccccc23)nc1-c1ccc(CC(C)C)cc1. The maximum absolute atomic E-state index is 13.4. The van der Waals surface area contributed by atoms with Crippen LogP contribution in [0.1, 0.15) is 34.6 Å². The molecule has 1 amide bonds. The van der Waals surface area contributed by atoms with E-state index in [1.807, 2.05) is 49.4 Å². The Labute approximate surface area is 217 Å². The summed E-state index contributed by atoms with van der Waals surface area (Å²) in [5.41, 5.74) is 5.31. The first-order valence-electron chi connectivity index (χ1n) is 11.4. The van der Waals surface area contributed by atoms with Gasteiger partial charge in [0.05, 0.1) is 31.7 Å². The minimum absolute atomic E-state index is 0.208. The molecule has 0 aliphatic carbocycles. The fraction of sp³-hybridized carbons (Fsp3) is 0.179. The van der Waals surface area contributed by atoms with E-state index in [4.69, 9.17) is 21.6 Å². The van der Waals surface area contributed by atoms with Gasteiger partial charge in [-0.2, -0.15) is 0 Å². The fourth-order valence-corrected chi connectivity index (χ4v) is 5.93. The molecule has 5 rings (SSSR count). The molecule has 4 nitrogen and oxygen atoms in total. The second-order valence-electron chi connectivity index (χ2n) is 8.85. The number of pyridine rings is 1. The Hall–Kier alpha value is -3.06. The van der Waals surface area contributed by atoms with Gasteiger partial charge in [-0.05, 0) is 49.1 Å². The van der Waals surface area contributed by atoms with Crippen molar-refractivity contribution in [3.05, 3.63) is 87.1 Å². The van der Waals surface area contributed by atoms with Gasteiger partial charge in [0.15, 0.2) is 5.13 Å². The summed E-state index contributed by atoms with van der Waals surface area (Å²) in [6.07, 6.45) is 1.05. The number of hydrogen-bond acceptors (Lipinski definition) is 5. The van der Waals surface area contributed by atoms with Crippen LogP contribution in [0, 0.1) is 12.8 Å². The van der Waals surface area contributed by atoms with Gasteiger partial charge in [-0.15, -0.1) is 22.7 Å². The molecule has 3 heterocycles. The van der Waals surface area contributed by atoms with Crippen LogP contribution >= 0.6 is 34.3 Å². The van der Waals surface area contributed by atoms with Crippen LogP contribution in [0.15, 0.2) is 66.7 Å². The number of rotatable bonds is 6. The number of fused-ring (bicyclic) bond motifs is 1. The summed E-state index contributed by atoms with van der Waals surface area (Å²) in [6, 6.07) is 21.8. The number of nitrogens with zero attached hydrogens (tertiary/aromatic N) is 2. The molecule has 0 spiro atoms. The van der Waals surface area contributed by atoms with Crippen molar-refractivity contribution in [2.45, 2.75) is 27.2 Å². The zero-order chi connectivity index (χ0) is 24.5. The average Bonchev–Trinajstić information content (AvgIpc) is 3.43. The maximum Gasteiger partial charge on any atom is 0.258 e. The molecule has 7 heteroatoms. The summed E-state index contributed by atoms with van der Waals surface area (Å²) in [4.78, 5) is 24.9. The monoisotopic (exact) mass is 517 g/mol. The summed E-state index contributed by atoms with van der Waals surface area (Å²) in [6.45, 7) is 6.47. The normalized spacial score (nSPS) is 11.3. The lowest BCUT2D eigenvalue weighted by Crippen LogP contribution is -2.13. The Morgan fingerprint density at radius 3 is 2.49 bits per heavy atom. The highest BCUT2D eigenvalue weighted by atomic mass is 35.5. The molecule has 0 aliphatic rings. The molecule has 5 aromatic rings. The molecule has 1 N–H and O–H groups in total. The summed E-state index contributed by atoms with van der Waals surface area (Å²) in [5, 5.41) is 4.40. The van der Waals surface area contributed by atoms with Gasteiger partial charge in [0, 0.05) is 15.8 Å².